The third-order valence-corrected chi connectivity index (χ3v) is 7.26. The van der Waals surface area contributed by atoms with Crippen LogP contribution in [0.3, 0.4) is 0 Å². The van der Waals surface area contributed by atoms with Crippen LogP contribution in [0.5, 0.6) is 0 Å². The van der Waals surface area contributed by atoms with E-state index in [0.29, 0.717) is 37.2 Å². The smallest absolute Gasteiger partial charge is 0.340 e. The van der Waals surface area contributed by atoms with Crippen LogP contribution >= 0.6 is 24.8 Å². The molecule has 1 aromatic heterocycles. The fourth-order valence-electron chi connectivity index (χ4n) is 5.08. The summed E-state index contributed by atoms with van der Waals surface area (Å²) in [6.07, 6.45) is 4.49. The Hall–Kier alpha value is -2.06. The summed E-state index contributed by atoms with van der Waals surface area (Å²) in [5.74, 6) is -0.861. The number of carbonyl (C=O) groups is 2. The summed E-state index contributed by atoms with van der Waals surface area (Å²) in [6.45, 7) is 19.0. The van der Waals surface area contributed by atoms with Crippen molar-refractivity contribution in [3.63, 3.8) is 0 Å². The number of ether oxygens (including phenoxy) is 2. The summed E-state index contributed by atoms with van der Waals surface area (Å²) in [4.78, 5) is 32.0. The Kier molecular flexibility index (Phi) is 20.5. The number of aromatic nitrogens is 1. The highest BCUT2D eigenvalue weighted by Gasteiger charge is 2.33. The molecule has 2 rings (SSSR count). The average Bonchev–Trinajstić information content (AvgIpc) is 3.27. The number of para-hydroxylation sites is 1. The maximum Gasteiger partial charge on any atom is 0.340 e. The molecule has 0 aliphatic heterocycles. The number of benzene rings is 1. The molecule has 7 nitrogen and oxygen atoms in total. The molecule has 0 atom stereocenters. The number of hydrogen-bond donors (Lipinski definition) is 0. The van der Waals surface area contributed by atoms with Crippen molar-refractivity contribution in [1.29, 1.82) is 0 Å². The topological polar surface area (TPSA) is 64.0 Å². The van der Waals surface area contributed by atoms with E-state index in [9.17, 15) is 9.59 Å². The van der Waals surface area contributed by atoms with Crippen LogP contribution in [0.25, 0.3) is 5.69 Å². The Balaban J connectivity index is 0.00000800. The van der Waals surface area contributed by atoms with Crippen LogP contribution in [0.2, 0.25) is 0 Å². The minimum atomic E-state index is -0.430. The van der Waals surface area contributed by atoms with Crippen molar-refractivity contribution in [3.8, 4) is 5.69 Å². The molecule has 0 radical (unpaired) electrons. The molecule has 0 amide bonds. The molecule has 9 heteroatoms. The number of hydrogen-bond acceptors (Lipinski definition) is 6. The second-order valence-corrected chi connectivity index (χ2v) is 9.85. The molecule has 0 N–H and O–H groups in total. The van der Waals surface area contributed by atoms with Crippen molar-refractivity contribution in [3.05, 3.63) is 52.8 Å². The van der Waals surface area contributed by atoms with Crippen LogP contribution in [0, 0.1) is 0 Å². The van der Waals surface area contributed by atoms with Gasteiger partial charge < -0.3 is 23.8 Å². The molecular weight excluding hydrogens is 561 g/mol. The molecule has 0 aliphatic rings. The van der Waals surface area contributed by atoms with Crippen LogP contribution in [0.1, 0.15) is 99.3 Å². The van der Waals surface area contributed by atoms with Crippen molar-refractivity contribution in [2.24, 2.45) is 0 Å². The Bertz CT molecular complexity index is 947. The maximum atomic E-state index is 13.7. The van der Waals surface area contributed by atoms with Gasteiger partial charge in [-0.2, -0.15) is 0 Å². The molecule has 0 unspecified atom stereocenters. The number of esters is 2. The van der Waals surface area contributed by atoms with Gasteiger partial charge in [0.05, 0.1) is 24.3 Å². The zero-order chi connectivity index (χ0) is 28.6. The highest BCUT2D eigenvalue weighted by atomic mass is 35.5. The monoisotopic (exact) mass is 613 g/mol. The molecule has 0 fully saturated rings. The first kappa shape index (κ1) is 38.9. The van der Waals surface area contributed by atoms with E-state index in [1.807, 2.05) is 30.3 Å². The van der Waals surface area contributed by atoms with E-state index in [2.05, 4.69) is 55.9 Å². The van der Waals surface area contributed by atoms with Gasteiger partial charge in [0.1, 0.15) is 0 Å². The van der Waals surface area contributed by atoms with Crippen LogP contribution in [-0.2, 0) is 22.3 Å². The lowest BCUT2D eigenvalue weighted by molar-refractivity contribution is 0.0442. The molecular formula is C32H53Cl2N3O4. The summed E-state index contributed by atoms with van der Waals surface area (Å²) >= 11 is 0. The minimum absolute atomic E-state index is 0. The van der Waals surface area contributed by atoms with Crippen LogP contribution in [-0.4, -0.2) is 78.8 Å². The van der Waals surface area contributed by atoms with Gasteiger partial charge in [0.2, 0.25) is 0 Å². The van der Waals surface area contributed by atoms with Gasteiger partial charge in [-0.3, -0.25) is 0 Å². The van der Waals surface area contributed by atoms with Gasteiger partial charge in [-0.15, -0.1) is 24.8 Å². The van der Waals surface area contributed by atoms with E-state index in [-0.39, 0.29) is 24.8 Å². The molecule has 0 bridgehead atoms. The minimum Gasteiger partial charge on any atom is -0.462 e. The Labute approximate surface area is 260 Å². The highest BCUT2D eigenvalue weighted by Crippen LogP contribution is 2.31. The number of rotatable bonds is 19. The van der Waals surface area contributed by atoms with Gasteiger partial charge in [-0.25, -0.2) is 9.59 Å². The number of nitrogens with zero attached hydrogens (tertiary/aromatic N) is 3. The molecule has 1 aromatic carbocycles. The molecule has 41 heavy (non-hydrogen) atoms. The standard InChI is InChI=1S/C32H51N3O4.2ClH/c1-7-18-27-29(31(36)38-24-16-22-33(9-3)10-4)30(32(37)39-25-17-23-34(11-5)12-6)28(19-8-2)35(27)26-20-14-13-15-21-26;;/h13-15,20-21H,7-12,16-19,22-25H2,1-6H3;2*1H. The first-order chi connectivity index (χ1) is 19.0. The second-order valence-electron chi connectivity index (χ2n) is 9.85. The van der Waals surface area contributed by atoms with Gasteiger partial charge in [0, 0.05) is 30.2 Å². The summed E-state index contributed by atoms with van der Waals surface area (Å²) in [5, 5.41) is 0. The molecule has 234 valence electrons. The predicted octanol–water partition coefficient (Wildman–Crippen LogP) is 7.00. The normalized spacial score (nSPS) is 10.8. The van der Waals surface area contributed by atoms with E-state index in [1.165, 1.54) is 0 Å². The highest BCUT2D eigenvalue weighted by molar-refractivity contribution is 6.05. The number of carbonyl (C=O) groups excluding carboxylic acids is 2. The van der Waals surface area contributed by atoms with Crippen LogP contribution < -0.4 is 0 Å². The van der Waals surface area contributed by atoms with Crippen LogP contribution in [0.15, 0.2) is 30.3 Å². The third kappa shape index (κ3) is 11.3. The molecule has 0 saturated heterocycles. The number of halogens is 2. The van der Waals surface area contributed by atoms with Gasteiger partial charge in [0.25, 0.3) is 0 Å². The van der Waals surface area contributed by atoms with Crippen molar-refractivity contribution < 1.29 is 19.1 Å². The van der Waals surface area contributed by atoms with E-state index in [4.69, 9.17) is 9.47 Å². The molecule has 0 spiro atoms. The fourth-order valence-corrected chi connectivity index (χ4v) is 5.08. The van der Waals surface area contributed by atoms with Gasteiger partial charge >= 0.3 is 11.9 Å². The Morgan fingerprint density at radius 1 is 0.659 bits per heavy atom. The van der Waals surface area contributed by atoms with E-state index >= 15 is 0 Å². The zero-order valence-corrected chi connectivity index (χ0v) is 27.7. The first-order valence-electron chi connectivity index (χ1n) is 15.1. The third-order valence-electron chi connectivity index (χ3n) is 7.26. The van der Waals surface area contributed by atoms with Crippen molar-refractivity contribution >= 4 is 36.8 Å². The zero-order valence-electron chi connectivity index (χ0n) is 26.1. The average molecular weight is 615 g/mol. The summed E-state index contributed by atoms with van der Waals surface area (Å²) in [6, 6.07) is 9.99. The maximum absolute atomic E-state index is 13.7. The quantitative estimate of drug-likeness (QED) is 0.125. The van der Waals surface area contributed by atoms with Gasteiger partial charge in [-0.1, -0.05) is 72.6 Å². The molecule has 2 aromatic rings. The fraction of sp³-hybridized carbons (Fsp3) is 0.625. The summed E-state index contributed by atoms with van der Waals surface area (Å²) < 4.78 is 13.7. The lowest BCUT2D eigenvalue weighted by Gasteiger charge is -2.18. The van der Waals surface area contributed by atoms with Gasteiger partial charge in [0.15, 0.2) is 0 Å². The van der Waals surface area contributed by atoms with Gasteiger partial charge in [-0.05, 0) is 64.0 Å². The SMILES string of the molecule is CCCc1c(C(=O)OCCCN(CC)CC)c(C(=O)OCCCN(CC)CC)c(CCC)n1-c1ccccc1.Cl.Cl. The Morgan fingerprint density at radius 2 is 1.05 bits per heavy atom. The largest absolute Gasteiger partial charge is 0.462 e. The second kappa shape index (κ2) is 21.6. The predicted molar refractivity (Wildman–Crippen MR) is 174 cm³/mol. The van der Waals surface area contributed by atoms with E-state index in [0.717, 1.165) is 82.0 Å². The molecule has 0 saturated carbocycles. The van der Waals surface area contributed by atoms with Crippen molar-refractivity contribution in [2.45, 2.75) is 80.1 Å². The van der Waals surface area contributed by atoms with E-state index in [1.54, 1.807) is 0 Å². The first-order valence-corrected chi connectivity index (χ1v) is 15.1. The van der Waals surface area contributed by atoms with Crippen molar-refractivity contribution in [1.82, 2.24) is 14.4 Å². The molecule has 0 aliphatic carbocycles. The van der Waals surface area contributed by atoms with Crippen molar-refractivity contribution in [2.75, 3.05) is 52.5 Å². The summed E-state index contributed by atoms with van der Waals surface area (Å²) in [5.41, 5.74) is 3.36. The summed E-state index contributed by atoms with van der Waals surface area (Å²) in [7, 11) is 0. The lowest BCUT2D eigenvalue weighted by Crippen LogP contribution is -2.25. The van der Waals surface area contributed by atoms with Crippen LogP contribution in [0.4, 0.5) is 0 Å². The van der Waals surface area contributed by atoms with E-state index < -0.39 is 11.9 Å². The lowest BCUT2D eigenvalue weighted by atomic mass is 10.0. The molecule has 1 heterocycles. The Morgan fingerprint density at radius 3 is 1.39 bits per heavy atom.